The lowest BCUT2D eigenvalue weighted by molar-refractivity contribution is 0.362. The number of benzene rings is 1. The number of piperidine rings is 1. The van der Waals surface area contributed by atoms with E-state index in [1.807, 2.05) is 0 Å². The molecular weight excluding hydrogens is 358 g/mol. The van der Waals surface area contributed by atoms with Crippen molar-refractivity contribution < 1.29 is 8.78 Å². The molecule has 1 aromatic carbocycles. The average molecular weight is 376 g/mol. The van der Waals surface area contributed by atoms with E-state index in [1.165, 1.54) is 18.3 Å². The summed E-state index contributed by atoms with van der Waals surface area (Å²) in [7, 11) is 0. The van der Waals surface area contributed by atoms with E-state index >= 15 is 0 Å². The van der Waals surface area contributed by atoms with Gasteiger partial charge in [-0.1, -0.05) is 17.8 Å². The van der Waals surface area contributed by atoms with Crippen LogP contribution in [0.3, 0.4) is 0 Å². The minimum atomic E-state index is -0.886. The molecule has 0 spiro atoms. The summed E-state index contributed by atoms with van der Waals surface area (Å²) in [5.74, 6) is -1.07. The molecule has 0 unspecified atom stereocenters. The summed E-state index contributed by atoms with van der Waals surface area (Å²) < 4.78 is 27.2. The number of imidazole rings is 1. The second kappa shape index (κ2) is 6.48. The zero-order chi connectivity index (χ0) is 18.3. The third-order valence-electron chi connectivity index (χ3n) is 4.51. The molecule has 3 heterocycles. The smallest absolute Gasteiger partial charge is 0.206 e. The highest BCUT2D eigenvalue weighted by Crippen LogP contribution is 2.30. The molecule has 136 valence electrons. The van der Waals surface area contributed by atoms with Gasteiger partial charge in [-0.25, -0.2) is 18.7 Å². The summed E-state index contributed by atoms with van der Waals surface area (Å²) in [6, 6.07) is 4.05. The van der Waals surface area contributed by atoms with Gasteiger partial charge in [-0.3, -0.25) is 0 Å². The zero-order valence-electron chi connectivity index (χ0n) is 14.2. The van der Waals surface area contributed by atoms with E-state index in [2.05, 4.69) is 31.8 Å². The van der Waals surface area contributed by atoms with Crippen LogP contribution < -0.4 is 10.6 Å². The molecule has 1 aliphatic heterocycles. The summed E-state index contributed by atoms with van der Waals surface area (Å²) in [5.41, 5.74) is 7.03. The topological polar surface area (TPSA) is 83.7 Å². The van der Waals surface area contributed by atoms with Crippen LogP contribution in [-0.4, -0.2) is 38.6 Å². The van der Waals surface area contributed by atoms with E-state index in [-0.39, 0.29) is 10.4 Å². The molecule has 9 heteroatoms. The second-order valence-corrected chi connectivity index (χ2v) is 7.80. The highest BCUT2D eigenvalue weighted by atomic mass is 32.2. The summed E-state index contributed by atoms with van der Waals surface area (Å²) in [6.07, 6.45) is 3.27. The van der Waals surface area contributed by atoms with Crippen molar-refractivity contribution in [3.63, 3.8) is 0 Å². The molecule has 6 nitrogen and oxygen atoms in total. The number of hydrogen-bond acceptors (Lipinski definition) is 6. The molecule has 0 saturated carbocycles. The fourth-order valence-corrected chi connectivity index (χ4v) is 3.67. The van der Waals surface area contributed by atoms with Crippen LogP contribution >= 0.6 is 11.8 Å². The average Bonchev–Trinajstić information content (AvgIpc) is 3.02. The normalized spacial score (nSPS) is 17.0. The predicted octanol–water partition coefficient (Wildman–Crippen LogP) is 3.10. The van der Waals surface area contributed by atoms with Gasteiger partial charge in [-0.2, -0.15) is 4.98 Å². The van der Waals surface area contributed by atoms with Crippen LogP contribution in [0.25, 0.3) is 11.3 Å². The Labute approximate surface area is 153 Å². The highest BCUT2D eigenvalue weighted by Gasteiger charge is 2.27. The molecule has 1 saturated heterocycles. The molecule has 2 aromatic heterocycles. The number of hydrogen-bond donors (Lipinski definition) is 2. The number of aromatic amines is 1. The number of rotatable bonds is 3. The molecule has 1 aliphatic rings. The first-order valence-electron chi connectivity index (χ1n) is 8.30. The molecule has 26 heavy (non-hydrogen) atoms. The number of nitrogens with two attached hydrogens (primary N) is 1. The summed E-state index contributed by atoms with van der Waals surface area (Å²) >= 11 is 1.02. The van der Waals surface area contributed by atoms with Crippen LogP contribution in [0.5, 0.6) is 0 Å². The van der Waals surface area contributed by atoms with Gasteiger partial charge in [0.25, 0.3) is 0 Å². The van der Waals surface area contributed by atoms with Gasteiger partial charge in [0, 0.05) is 18.6 Å². The van der Waals surface area contributed by atoms with Gasteiger partial charge < -0.3 is 15.6 Å². The summed E-state index contributed by atoms with van der Waals surface area (Å²) in [5, 5.41) is 0.463. The molecular formula is C17H18F2N6S. The number of aromatic nitrogens is 4. The van der Waals surface area contributed by atoms with Gasteiger partial charge in [-0.05, 0) is 31.9 Å². The van der Waals surface area contributed by atoms with E-state index in [1.54, 1.807) is 0 Å². The Balaban J connectivity index is 1.57. The maximum absolute atomic E-state index is 13.8. The Morgan fingerprint density at radius 1 is 1.23 bits per heavy atom. The number of nitrogens with one attached hydrogen (secondary N) is 1. The van der Waals surface area contributed by atoms with Gasteiger partial charge in [0.2, 0.25) is 5.95 Å². The molecule has 0 bridgehead atoms. The Morgan fingerprint density at radius 2 is 2.00 bits per heavy atom. The van der Waals surface area contributed by atoms with Crippen molar-refractivity contribution in [1.29, 1.82) is 0 Å². The maximum atomic E-state index is 13.8. The van der Waals surface area contributed by atoms with E-state index in [9.17, 15) is 8.78 Å². The van der Waals surface area contributed by atoms with Crippen LogP contribution in [0, 0.1) is 11.6 Å². The first-order valence-corrected chi connectivity index (χ1v) is 9.11. The number of fused-ring (bicyclic) bond motifs is 1. The molecule has 4 rings (SSSR count). The van der Waals surface area contributed by atoms with Crippen molar-refractivity contribution in [1.82, 2.24) is 19.9 Å². The minimum Gasteiger partial charge on any atom is -0.342 e. The SMILES string of the molecule is CC1(N)CCN(c2nc3ncc(Sc4cccc(F)c4F)nc3[nH]2)CC1. The van der Waals surface area contributed by atoms with Crippen molar-refractivity contribution >= 4 is 29.0 Å². The van der Waals surface area contributed by atoms with Gasteiger partial charge in [-0.15, -0.1) is 0 Å². The highest BCUT2D eigenvalue weighted by molar-refractivity contribution is 7.99. The second-order valence-electron chi connectivity index (χ2n) is 6.74. The Bertz CT molecular complexity index is 948. The summed E-state index contributed by atoms with van der Waals surface area (Å²) in [6.45, 7) is 3.67. The Kier molecular flexibility index (Phi) is 4.28. The van der Waals surface area contributed by atoms with Crippen LogP contribution in [0.1, 0.15) is 19.8 Å². The van der Waals surface area contributed by atoms with E-state index < -0.39 is 11.6 Å². The monoisotopic (exact) mass is 376 g/mol. The molecule has 0 atom stereocenters. The van der Waals surface area contributed by atoms with Crippen LogP contribution in [-0.2, 0) is 0 Å². The predicted molar refractivity (Wildman–Crippen MR) is 96.2 cm³/mol. The van der Waals surface area contributed by atoms with Gasteiger partial charge in [0.15, 0.2) is 22.9 Å². The molecule has 1 fully saturated rings. The number of halogens is 2. The van der Waals surface area contributed by atoms with Gasteiger partial charge >= 0.3 is 0 Å². The van der Waals surface area contributed by atoms with Crippen molar-refractivity contribution in [2.24, 2.45) is 5.73 Å². The lowest BCUT2D eigenvalue weighted by Crippen LogP contribution is -2.48. The van der Waals surface area contributed by atoms with E-state index in [0.717, 1.165) is 43.8 Å². The summed E-state index contributed by atoms with van der Waals surface area (Å²) in [4.78, 5) is 18.6. The van der Waals surface area contributed by atoms with E-state index in [4.69, 9.17) is 5.73 Å². The first-order chi connectivity index (χ1) is 12.4. The van der Waals surface area contributed by atoms with Gasteiger partial charge in [0.05, 0.1) is 11.1 Å². The quantitative estimate of drug-likeness (QED) is 0.731. The Hall–Kier alpha value is -2.26. The molecule has 3 N–H and O–H groups in total. The molecule has 3 aromatic rings. The lowest BCUT2D eigenvalue weighted by Gasteiger charge is -2.36. The van der Waals surface area contributed by atoms with Crippen LogP contribution in [0.2, 0.25) is 0 Å². The minimum absolute atomic E-state index is 0.141. The third-order valence-corrected chi connectivity index (χ3v) is 5.45. The van der Waals surface area contributed by atoms with Crippen molar-refractivity contribution in [2.45, 2.75) is 35.2 Å². The largest absolute Gasteiger partial charge is 0.342 e. The van der Waals surface area contributed by atoms with Crippen LogP contribution in [0.15, 0.2) is 34.3 Å². The first kappa shape index (κ1) is 17.2. The number of nitrogens with zero attached hydrogens (tertiary/aromatic N) is 4. The molecule has 0 aliphatic carbocycles. The third kappa shape index (κ3) is 3.36. The fourth-order valence-electron chi connectivity index (χ4n) is 2.87. The molecule has 0 amide bonds. The standard InChI is InChI=1S/C17H18F2N6S/c1-17(20)5-7-25(8-6-17)16-23-14-15(24-16)22-12(9-21-14)26-11-4-2-3-10(18)13(11)19/h2-4,9H,5-8,20H2,1H3,(H,21,22,23,24). The van der Waals surface area contributed by atoms with Gasteiger partial charge in [0.1, 0.15) is 5.03 Å². The Morgan fingerprint density at radius 3 is 2.77 bits per heavy atom. The lowest BCUT2D eigenvalue weighted by atomic mass is 9.91. The van der Waals surface area contributed by atoms with Crippen molar-refractivity contribution in [3.05, 3.63) is 36.0 Å². The van der Waals surface area contributed by atoms with Crippen LogP contribution in [0.4, 0.5) is 14.7 Å². The fraction of sp³-hybridized carbons (Fsp3) is 0.353. The number of anilines is 1. The number of H-pyrrole nitrogens is 1. The maximum Gasteiger partial charge on any atom is 0.206 e. The van der Waals surface area contributed by atoms with Crippen molar-refractivity contribution in [3.8, 4) is 0 Å². The molecule has 0 radical (unpaired) electrons. The zero-order valence-corrected chi connectivity index (χ0v) is 15.0. The van der Waals surface area contributed by atoms with E-state index in [0.29, 0.717) is 22.3 Å². The van der Waals surface area contributed by atoms with Crippen molar-refractivity contribution in [2.75, 3.05) is 18.0 Å².